The number of phenolic OH excluding ortho intramolecular Hbond substituents is 1. The van der Waals surface area contributed by atoms with Gasteiger partial charge in [-0.3, -0.25) is 4.79 Å². The molecule has 3 nitrogen and oxygen atoms in total. The summed E-state index contributed by atoms with van der Waals surface area (Å²) in [5.74, 6) is 0.425. The van der Waals surface area contributed by atoms with Gasteiger partial charge in [-0.25, -0.2) is 0 Å². The molecule has 0 aliphatic heterocycles. The molecule has 0 radical (unpaired) electrons. The van der Waals surface area contributed by atoms with Crippen molar-refractivity contribution in [3.8, 4) is 11.5 Å². The predicted molar refractivity (Wildman–Crippen MR) is 64.5 cm³/mol. The van der Waals surface area contributed by atoms with Crippen LogP contribution in [0.2, 0.25) is 0 Å². The van der Waals surface area contributed by atoms with Crippen molar-refractivity contribution >= 4 is 57.9 Å². The van der Waals surface area contributed by atoms with Gasteiger partial charge < -0.3 is 9.84 Å². The van der Waals surface area contributed by atoms with E-state index in [2.05, 4.69) is 0 Å². The Kier molecular flexibility index (Phi) is 6.04. The third kappa shape index (κ3) is 3.12. The van der Waals surface area contributed by atoms with Gasteiger partial charge in [0.1, 0.15) is 11.5 Å². The fraction of sp³-hybridized carbons (Fsp3) is 0.222. The van der Waals surface area contributed by atoms with Crippen molar-refractivity contribution in [3.05, 3.63) is 21.3 Å². The number of Topliss-reactive ketones (excluding diaryl/α,β-unsaturated/α-hetero) is 1. The molecular formula is C9H10INaO3. The number of carbonyl (C=O) groups excluding carboxylic acids is 1. The van der Waals surface area contributed by atoms with E-state index in [4.69, 9.17) is 4.74 Å². The molecule has 1 rings (SSSR count). The van der Waals surface area contributed by atoms with Gasteiger partial charge in [-0.1, -0.05) is 0 Å². The molecule has 5 heteroatoms. The number of rotatable bonds is 2. The number of hydrogen-bond acceptors (Lipinski definition) is 3. The first kappa shape index (κ1) is 14.2. The number of hydrogen-bond donors (Lipinski definition) is 1. The van der Waals surface area contributed by atoms with E-state index in [1.54, 1.807) is 6.07 Å². The number of benzene rings is 1. The first-order valence-electron chi connectivity index (χ1n) is 3.63. The normalized spacial score (nSPS) is 9.07. The zero-order valence-corrected chi connectivity index (χ0v) is 9.45. The van der Waals surface area contributed by atoms with Crippen LogP contribution in [-0.2, 0) is 0 Å². The minimum absolute atomic E-state index is 0. The number of carbonyl (C=O) groups is 1. The van der Waals surface area contributed by atoms with Crippen LogP contribution in [0.1, 0.15) is 17.3 Å². The molecule has 0 amide bonds. The summed E-state index contributed by atoms with van der Waals surface area (Å²) in [4.78, 5) is 11.0. The van der Waals surface area contributed by atoms with Crippen LogP contribution in [0.3, 0.4) is 0 Å². The van der Waals surface area contributed by atoms with Gasteiger partial charge in [-0.05, 0) is 41.6 Å². The fourth-order valence-corrected chi connectivity index (χ4v) is 1.65. The van der Waals surface area contributed by atoms with Gasteiger partial charge >= 0.3 is 29.6 Å². The van der Waals surface area contributed by atoms with Crippen molar-refractivity contribution in [1.29, 1.82) is 0 Å². The Morgan fingerprint density at radius 3 is 2.50 bits per heavy atom. The van der Waals surface area contributed by atoms with E-state index < -0.39 is 0 Å². The number of ether oxygens (including phenoxy) is 1. The summed E-state index contributed by atoms with van der Waals surface area (Å²) < 4.78 is 5.80. The van der Waals surface area contributed by atoms with Crippen LogP contribution in [0.25, 0.3) is 0 Å². The van der Waals surface area contributed by atoms with Crippen LogP contribution in [0.4, 0.5) is 0 Å². The van der Waals surface area contributed by atoms with Gasteiger partial charge in [-0.15, -0.1) is 0 Å². The molecular weight excluding hydrogens is 306 g/mol. The third-order valence-corrected chi connectivity index (χ3v) is 2.49. The molecule has 0 aliphatic rings. The van der Waals surface area contributed by atoms with Gasteiger partial charge in [0.25, 0.3) is 0 Å². The van der Waals surface area contributed by atoms with E-state index in [1.807, 2.05) is 22.6 Å². The molecule has 1 N–H and O–H groups in total. The van der Waals surface area contributed by atoms with Crippen LogP contribution in [-0.4, -0.2) is 47.6 Å². The molecule has 1 aromatic rings. The van der Waals surface area contributed by atoms with Crippen LogP contribution >= 0.6 is 22.6 Å². The molecule has 0 spiro atoms. The molecule has 0 fully saturated rings. The maximum atomic E-state index is 11.0. The molecule has 0 saturated carbocycles. The van der Waals surface area contributed by atoms with Crippen LogP contribution in [0, 0.1) is 3.57 Å². The van der Waals surface area contributed by atoms with Gasteiger partial charge in [0.15, 0.2) is 5.78 Å². The van der Waals surface area contributed by atoms with E-state index in [-0.39, 0.29) is 46.7 Å². The first-order valence-corrected chi connectivity index (χ1v) is 4.71. The zero-order valence-electron chi connectivity index (χ0n) is 7.30. The second kappa shape index (κ2) is 5.95. The summed E-state index contributed by atoms with van der Waals surface area (Å²) >= 11 is 2.03. The average molecular weight is 316 g/mol. The standard InChI is InChI=1S/C9H9IO3.Na.H/c1-5(11)6-3-9(13-2)7(10)4-8(6)12;;/h3-4,12H,1-2H3;;. The Hall–Kier alpha value is 0.220. The first-order chi connectivity index (χ1) is 6.06. The van der Waals surface area contributed by atoms with Gasteiger partial charge in [0, 0.05) is 0 Å². The molecule has 0 saturated heterocycles. The summed E-state index contributed by atoms with van der Waals surface area (Å²) in [6, 6.07) is 3.05. The summed E-state index contributed by atoms with van der Waals surface area (Å²) in [6.07, 6.45) is 0. The van der Waals surface area contributed by atoms with E-state index in [0.717, 1.165) is 3.57 Å². The topological polar surface area (TPSA) is 46.5 Å². The molecule has 0 aliphatic carbocycles. The maximum absolute atomic E-state index is 11.0. The second-order valence-corrected chi connectivity index (χ2v) is 3.72. The average Bonchev–Trinajstić information content (AvgIpc) is 2.03. The Labute approximate surface area is 118 Å². The van der Waals surface area contributed by atoms with Crippen molar-refractivity contribution in [2.24, 2.45) is 0 Å². The monoisotopic (exact) mass is 316 g/mol. The van der Waals surface area contributed by atoms with Crippen molar-refractivity contribution in [1.82, 2.24) is 0 Å². The van der Waals surface area contributed by atoms with Crippen molar-refractivity contribution in [2.45, 2.75) is 6.92 Å². The molecule has 0 bridgehead atoms. The van der Waals surface area contributed by atoms with E-state index >= 15 is 0 Å². The molecule has 0 atom stereocenters. The fourth-order valence-electron chi connectivity index (χ4n) is 0.981. The van der Waals surface area contributed by atoms with Crippen LogP contribution < -0.4 is 4.74 Å². The molecule has 14 heavy (non-hydrogen) atoms. The van der Waals surface area contributed by atoms with Crippen LogP contribution in [0.5, 0.6) is 11.5 Å². The van der Waals surface area contributed by atoms with Gasteiger partial charge in [0.2, 0.25) is 0 Å². The molecule has 0 unspecified atom stereocenters. The summed E-state index contributed by atoms with van der Waals surface area (Å²) in [6.45, 7) is 1.40. The predicted octanol–water partition coefficient (Wildman–Crippen LogP) is 1.56. The SMILES string of the molecule is COc1cc(C(C)=O)c(O)cc1I.[NaH]. The number of phenols is 1. The van der Waals surface area contributed by atoms with E-state index in [9.17, 15) is 9.90 Å². The summed E-state index contributed by atoms with van der Waals surface area (Å²) in [5, 5.41) is 9.40. The Morgan fingerprint density at radius 2 is 2.07 bits per heavy atom. The third-order valence-electron chi connectivity index (χ3n) is 1.65. The molecule has 0 heterocycles. The number of halogens is 1. The van der Waals surface area contributed by atoms with Crippen molar-refractivity contribution in [2.75, 3.05) is 7.11 Å². The Balaban J connectivity index is 0.00000169. The Bertz CT molecular complexity index is 352. The summed E-state index contributed by atoms with van der Waals surface area (Å²) in [7, 11) is 1.53. The van der Waals surface area contributed by atoms with Gasteiger partial charge in [-0.2, -0.15) is 0 Å². The van der Waals surface area contributed by atoms with Crippen molar-refractivity contribution in [3.63, 3.8) is 0 Å². The quantitative estimate of drug-likeness (QED) is 0.512. The summed E-state index contributed by atoms with van der Waals surface area (Å²) in [5.41, 5.74) is 0.289. The number of ketones is 1. The van der Waals surface area contributed by atoms with E-state index in [0.29, 0.717) is 5.75 Å². The zero-order chi connectivity index (χ0) is 10.0. The second-order valence-electron chi connectivity index (χ2n) is 2.56. The Morgan fingerprint density at radius 1 is 1.50 bits per heavy atom. The minimum atomic E-state index is -0.174. The van der Waals surface area contributed by atoms with E-state index in [1.165, 1.54) is 20.1 Å². The molecule has 72 valence electrons. The number of aromatic hydroxyl groups is 1. The van der Waals surface area contributed by atoms with Crippen molar-refractivity contribution < 1.29 is 14.6 Å². The van der Waals surface area contributed by atoms with Gasteiger partial charge in [0.05, 0.1) is 16.2 Å². The van der Waals surface area contributed by atoms with Crippen LogP contribution in [0.15, 0.2) is 12.1 Å². The number of methoxy groups -OCH3 is 1. The molecule has 0 aromatic heterocycles. The molecule has 1 aromatic carbocycles.